The molecule has 128 valence electrons. The minimum Gasteiger partial charge on any atom is -0.354 e. The van der Waals surface area contributed by atoms with Gasteiger partial charge in [-0.1, -0.05) is 6.92 Å². The van der Waals surface area contributed by atoms with Gasteiger partial charge in [0.2, 0.25) is 0 Å². The maximum Gasteiger partial charge on any atom is 0.194 e. The van der Waals surface area contributed by atoms with E-state index in [0.717, 1.165) is 31.2 Å². The first-order valence-corrected chi connectivity index (χ1v) is 11.1. The van der Waals surface area contributed by atoms with Crippen LogP contribution < -0.4 is 5.32 Å². The molecule has 0 aliphatic carbocycles. The van der Waals surface area contributed by atoms with Gasteiger partial charge < -0.3 is 10.2 Å². The zero-order chi connectivity index (χ0) is 16.2. The minimum absolute atomic E-state index is 0.190. The number of sulfone groups is 1. The van der Waals surface area contributed by atoms with Crippen molar-refractivity contribution in [2.75, 3.05) is 36.9 Å². The predicted octanol–water partition coefficient (Wildman–Crippen LogP) is 1.60. The second kappa shape index (κ2) is 7.90. The van der Waals surface area contributed by atoms with E-state index in [9.17, 15) is 8.42 Å². The number of nitrogens with one attached hydrogen (secondary N) is 1. The lowest BCUT2D eigenvalue weighted by Gasteiger charge is -2.35. The van der Waals surface area contributed by atoms with E-state index < -0.39 is 9.84 Å². The van der Waals surface area contributed by atoms with Gasteiger partial charge in [-0.05, 0) is 32.6 Å². The summed E-state index contributed by atoms with van der Waals surface area (Å²) in [7, 11) is -2.81. The van der Waals surface area contributed by atoms with Crippen molar-refractivity contribution >= 4 is 27.6 Å². The maximum absolute atomic E-state index is 11.6. The number of thioether (sulfide) groups is 1. The van der Waals surface area contributed by atoms with Crippen LogP contribution in [-0.4, -0.2) is 67.5 Å². The molecular formula is C15H29N3O2S2. The first-order chi connectivity index (χ1) is 10.4. The number of nitrogens with zero attached hydrogens (tertiary/aromatic N) is 2. The van der Waals surface area contributed by atoms with Gasteiger partial charge in [0.1, 0.15) is 0 Å². The van der Waals surface area contributed by atoms with Crippen LogP contribution >= 0.6 is 11.8 Å². The average molecular weight is 348 g/mol. The second-order valence-electron chi connectivity index (χ2n) is 6.58. The molecule has 0 spiro atoms. The highest BCUT2D eigenvalue weighted by Crippen LogP contribution is 2.22. The van der Waals surface area contributed by atoms with Crippen LogP contribution in [-0.2, 0) is 9.84 Å². The van der Waals surface area contributed by atoms with E-state index in [1.165, 1.54) is 6.42 Å². The molecule has 2 unspecified atom stereocenters. The van der Waals surface area contributed by atoms with E-state index in [0.29, 0.717) is 29.3 Å². The van der Waals surface area contributed by atoms with Crippen LogP contribution in [0.3, 0.4) is 0 Å². The van der Waals surface area contributed by atoms with Crippen LogP contribution in [0, 0.1) is 5.92 Å². The van der Waals surface area contributed by atoms with Gasteiger partial charge in [-0.3, -0.25) is 4.99 Å². The molecule has 1 N–H and O–H groups in total. The summed E-state index contributed by atoms with van der Waals surface area (Å²) in [6.45, 7) is 9.13. The normalized spacial score (nSPS) is 29.1. The molecule has 5 nitrogen and oxygen atoms in total. The molecule has 2 atom stereocenters. The van der Waals surface area contributed by atoms with E-state index in [1.54, 1.807) is 0 Å². The number of aliphatic imine (C=N–C) groups is 1. The molecule has 0 aromatic carbocycles. The Hall–Kier alpha value is -0.430. The largest absolute Gasteiger partial charge is 0.354 e. The lowest BCUT2D eigenvalue weighted by molar-refractivity contribution is 0.400. The molecule has 7 heteroatoms. The smallest absolute Gasteiger partial charge is 0.194 e. The molecule has 2 aliphatic rings. The topological polar surface area (TPSA) is 61.8 Å². The van der Waals surface area contributed by atoms with Gasteiger partial charge in [-0.15, -0.1) is 0 Å². The van der Waals surface area contributed by atoms with Crippen LogP contribution in [0.5, 0.6) is 0 Å². The summed E-state index contributed by atoms with van der Waals surface area (Å²) in [6.07, 6.45) is 1.94. The molecule has 0 radical (unpaired) electrons. The van der Waals surface area contributed by atoms with Crippen molar-refractivity contribution < 1.29 is 8.42 Å². The van der Waals surface area contributed by atoms with E-state index in [4.69, 9.17) is 4.99 Å². The van der Waals surface area contributed by atoms with Crippen LogP contribution in [0.15, 0.2) is 4.99 Å². The van der Waals surface area contributed by atoms with Crippen LogP contribution in [0.1, 0.15) is 33.6 Å². The summed E-state index contributed by atoms with van der Waals surface area (Å²) in [5.41, 5.74) is 0. The van der Waals surface area contributed by atoms with Crippen molar-refractivity contribution in [1.82, 2.24) is 10.2 Å². The summed E-state index contributed by atoms with van der Waals surface area (Å²) < 4.78 is 23.1. The molecule has 2 rings (SSSR count). The molecule has 2 aliphatic heterocycles. The standard InChI is InChI=1S/C15H29N3O2S2/c1-4-14-10-18(6-7-21-14)15(17-12(2)3)16-9-13-5-8-22(19,20)11-13/h12-14H,4-11H2,1-3H3,(H,16,17). The van der Waals surface area contributed by atoms with Crippen molar-refractivity contribution in [2.45, 2.75) is 44.9 Å². The minimum atomic E-state index is -2.81. The first-order valence-electron chi connectivity index (χ1n) is 8.27. The Morgan fingerprint density at radius 1 is 1.45 bits per heavy atom. The van der Waals surface area contributed by atoms with Gasteiger partial charge in [-0.25, -0.2) is 8.42 Å². The van der Waals surface area contributed by atoms with Crippen LogP contribution in [0.25, 0.3) is 0 Å². The quantitative estimate of drug-likeness (QED) is 0.618. The monoisotopic (exact) mass is 347 g/mol. The van der Waals surface area contributed by atoms with Gasteiger partial charge in [0.15, 0.2) is 15.8 Å². The Balaban J connectivity index is 2.00. The highest BCUT2D eigenvalue weighted by molar-refractivity contribution is 8.00. The first kappa shape index (κ1) is 17.9. The summed E-state index contributed by atoms with van der Waals surface area (Å²) in [6, 6.07) is 0.334. The fraction of sp³-hybridized carbons (Fsp3) is 0.933. The summed E-state index contributed by atoms with van der Waals surface area (Å²) in [5, 5.41) is 4.12. The third-order valence-electron chi connectivity index (χ3n) is 4.14. The number of rotatable bonds is 4. The van der Waals surface area contributed by atoms with Crippen molar-refractivity contribution in [3.8, 4) is 0 Å². The van der Waals surface area contributed by atoms with Gasteiger partial charge in [0, 0.05) is 36.7 Å². The molecule has 0 amide bonds. The summed E-state index contributed by atoms with van der Waals surface area (Å²) in [4.78, 5) is 7.10. The molecule has 0 aromatic rings. The molecule has 2 heterocycles. The third-order valence-corrected chi connectivity index (χ3v) is 7.35. The maximum atomic E-state index is 11.6. The Morgan fingerprint density at radius 2 is 2.23 bits per heavy atom. The van der Waals surface area contributed by atoms with Crippen molar-refractivity contribution in [1.29, 1.82) is 0 Å². The SMILES string of the molecule is CCC1CN(C(=NCC2CCS(=O)(=O)C2)NC(C)C)CCS1. The summed E-state index contributed by atoms with van der Waals surface area (Å²) >= 11 is 2.04. The molecular weight excluding hydrogens is 318 g/mol. The Kier molecular flexibility index (Phi) is 6.44. The molecule has 2 fully saturated rings. The average Bonchev–Trinajstić information content (AvgIpc) is 2.82. The number of guanidine groups is 1. The molecule has 0 saturated carbocycles. The highest BCUT2D eigenvalue weighted by Gasteiger charge is 2.28. The fourth-order valence-electron chi connectivity index (χ4n) is 2.89. The molecule has 0 bridgehead atoms. The molecule has 2 saturated heterocycles. The highest BCUT2D eigenvalue weighted by atomic mass is 32.2. The van der Waals surface area contributed by atoms with E-state index in [1.807, 2.05) is 11.8 Å². The zero-order valence-electron chi connectivity index (χ0n) is 13.9. The van der Waals surface area contributed by atoms with E-state index in [2.05, 4.69) is 31.0 Å². The van der Waals surface area contributed by atoms with Gasteiger partial charge in [-0.2, -0.15) is 11.8 Å². The number of hydrogen-bond donors (Lipinski definition) is 1. The summed E-state index contributed by atoms with van der Waals surface area (Å²) in [5.74, 6) is 2.92. The fourth-order valence-corrected chi connectivity index (χ4v) is 5.91. The zero-order valence-corrected chi connectivity index (χ0v) is 15.5. The Labute approximate surface area is 139 Å². The predicted molar refractivity (Wildman–Crippen MR) is 95.4 cm³/mol. The van der Waals surface area contributed by atoms with Gasteiger partial charge >= 0.3 is 0 Å². The lowest BCUT2D eigenvalue weighted by atomic mass is 10.1. The van der Waals surface area contributed by atoms with E-state index >= 15 is 0 Å². The van der Waals surface area contributed by atoms with Gasteiger partial charge in [0.05, 0.1) is 11.5 Å². The van der Waals surface area contributed by atoms with Crippen molar-refractivity contribution in [2.24, 2.45) is 10.9 Å². The second-order valence-corrected chi connectivity index (χ2v) is 10.2. The van der Waals surface area contributed by atoms with Crippen molar-refractivity contribution in [3.05, 3.63) is 0 Å². The van der Waals surface area contributed by atoms with Gasteiger partial charge in [0.25, 0.3) is 0 Å². The molecule has 22 heavy (non-hydrogen) atoms. The van der Waals surface area contributed by atoms with Crippen LogP contribution in [0.2, 0.25) is 0 Å². The number of hydrogen-bond acceptors (Lipinski definition) is 4. The van der Waals surface area contributed by atoms with Crippen molar-refractivity contribution in [3.63, 3.8) is 0 Å². The third kappa shape index (κ3) is 5.33. The molecule has 0 aromatic heterocycles. The Bertz CT molecular complexity index is 491. The van der Waals surface area contributed by atoms with E-state index in [-0.39, 0.29) is 5.92 Å². The lowest BCUT2D eigenvalue weighted by Crippen LogP contribution is -2.50. The Morgan fingerprint density at radius 3 is 2.82 bits per heavy atom. The van der Waals surface area contributed by atoms with Crippen LogP contribution in [0.4, 0.5) is 0 Å².